The molecule has 10 heteroatoms. The van der Waals surface area contributed by atoms with Crippen LogP contribution in [0.1, 0.15) is 16.1 Å². The summed E-state index contributed by atoms with van der Waals surface area (Å²) in [5, 5.41) is 4.35. The van der Waals surface area contributed by atoms with E-state index in [9.17, 15) is 9.59 Å². The summed E-state index contributed by atoms with van der Waals surface area (Å²) in [5.41, 5.74) is 5.20. The van der Waals surface area contributed by atoms with Crippen molar-refractivity contribution < 1.29 is 18.7 Å². The van der Waals surface area contributed by atoms with Gasteiger partial charge in [0.1, 0.15) is 11.5 Å². The molecule has 1 aromatic heterocycles. The number of thiocarbonyl (C=S) groups is 1. The van der Waals surface area contributed by atoms with Crippen molar-refractivity contribution in [1.29, 1.82) is 0 Å². The van der Waals surface area contributed by atoms with E-state index in [1.165, 1.54) is 12.3 Å². The molecule has 2 aromatic carbocycles. The molecule has 150 valence electrons. The lowest BCUT2D eigenvalue weighted by molar-refractivity contribution is -0.121. The van der Waals surface area contributed by atoms with Crippen molar-refractivity contribution in [2.45, 2.75) is 6.92 Å². The van der Waals surface area contributed by atoms with Gasteiger partial charge in [0.25, 0.3) is 11.8 Å². The van der Waals surface area contributed by atoms with Gasteiger partial charge in [0.2, 0.25) is 0 Å². The Morgan fingerprint density at radius 3 is 2.66 bits per heavy atom. The van der Waals surface area contributed by atoms with Crippen molar-refractivity contribution in [2.24, 2.45) is 0 Å². The fourth-order valence-corrected chi connectivity index (χ4v) is 3.64. The van der Waals surface area contributed by atoms with Gasteiger partial charge in [-0.05, 0) is 70.1 Å². The Balaban J connectivity index is 1.51. The Morgan fingerprint density at radius 1 is 1.14 bits per heavy atom. The number of hydrazine groups is 1. The Kier molecular flexibility index (Phi) is 6.88. The lowest BCUT2D eigenvalue weighted by atomic mass is 10.1. The van der Waals surface area contributed by atoms with Gasteiger partial charge < -0.3 is 9.15 Å². The SMILES string of the molecule is Cc1occc1C(=O)NNC(=S)NC(=O)COc1ccc2cc(Br)ccc2c1Br. The number of fused-ring (bicyclic) bond motifs is 1. The summed E-state index contributed by atoms with van der Waals surface area (Å²) in [5.74, 6) is 0.0911. The first kappa shape index (κ1) is 21.3. The van der Waals surface area contributed by atoms with Gasteiger partial charge in [-0.15, -0.1) is 0 Å². The van der Waals surface area contributed by atoms with Crippen LogP contribution >= 0.6 is 44.1 Å². The number of benzene rings is 2. The highest BCUT2D eigenvalue weighted by atomic mass is 79.9. The van der Waals surface area contributed by atoms with Crippen LogP contribution in [0.5, 0.6) is 5.75 Å². The van der Waals surface area contributed by atoms with Gasteiger partial charge in [-0.2, -0.15) is 0 Å². The molecule has 0 radical (unpaired) electrons. The summed E-state index contributed by atoms with van der Waals surface area (Å²) < 4.78 is 12.4. The number of amides is 2. The molecule has 0 atom stereocenters. The van der Waals surface area contributed by atoms with Crippen LogP contribution in [0.4, 0.5) is 0 Å². The molecule has 1 heterocycles. The third-order valence-corrected chi connectivity index (χ3v) is 5.40. The molecule has 0 aliphatic carbocycles. The standard InChI is InChI=1S/C19H15Br2N3O4S/c1-10-13(6-7-27-10)18(26)23-24-19(29)22-16(25)9-28-15-5-2-11-8-12(20)3-4-14(11)17(15)21/h2-8H,9H2,1H3,(H,23,26)(H2,22,24,25,29). The summed E-state index contributed by atoms with van der Waals surface area (Å²) in [6.07, 6.45) is 1.41. The molecule has 0 aliphatic rings. The topological polar surface area (TPSA) is 92.6 Å². The molecule has 0 saturated carbocycles. The summed E-state index contributed by atoms with van der Waals surface area (Å²) in [6.45, 7) is 1.41. The van der Waals surface area contributed by atoms with Crippen LogP contribution in [0.3, 0.4) is 0 Å². The van der Waals surface area contributed by atoms with E-state index < -0.39 is 11.8 Å². The van der Waals surface area contributed by atoms with Gasteiger partial charge in [-0.1, -0.05) is 28.1 Å². The second-order valence-electron chi connectivity index (χ2n) is 5.88. The first-order valence-corrected chi connectivity index (χ1v) is 10.3. The maximum atomic E-state index is 12.1. The van der Waals surface area contributed by atoms with Crippen LogP contribution in [0.2, 0.25) is 0 Å². The summed E-state index contributed by atoms with van der Waals surface area (Å²) in [7, 11) is 0. The minimum absolute atomic E-state index is 0.0597. The molecule has 0 unspecified atom stereocenters. The number of rotatable bonds is 4. The molecule has 0 fully saturated rings. The van der Waals surface area contributed by atoms with Crippen molar-refractivity contribution in [3.63, 3.8) is 0 Å². The van der Waals surface area contributed by atoms with E-state index in [0.717, 1.165) is 19.7 Å². The Morgan fingerprint density at radius 2 is 1.93 bits per heavy atom. The van der Waals surface area contributed by atoms with Gasteiger partial charge in [-0.25, -0.2) is 0 Å². The fourth-order valence-electron chi connectivity index (χ4n) is 2.49. The van der Waals surface area contributed by atoms with Crippen LogP contribution in [-0.2, 0) is 4.79 Å². The van der Waals surface area contributed by atoms with E-state index in [1.807, 2.05) is 24.3 Å². The molecule has 7 nitrogen and oxygen atoms in total. The number of hydrogen-bond donors (Lipinski definition) is 3. The molecule has 3 N–H and O–H groups in total. The number of nitrogens with one attached hydrogen (secondary N) is 3. The lowest BCUT2D eigenvalue weighted by Gasteiger charge is -2.12. The third kappa shape index (κ3) is 5.34. The van der Waals surface area contributed by atoms with Crippen LogP contribution in [0.25, 0.3) is 10.8 Å². The van der Waals surface area contributed by atoms with E-state index in [4.69, 9.17) is 21.4 Å². The van der Waals surface area contributed by atoms with Crippen molar-refractivity contribution >= 4 is 71.8 Å². The van der Waals surface area contributed by atoms with Crippen molar-refractivity contribution in [2.75, 3.05) is 6.61 Å². The highest BCUT2D eigenvalue weighted by Gasteiger charge is 2.13. The van der Waals surface area contributed by atoms with Gasteiger partial charge in [0.15, 0.2) is 11.7 Å². The second kappa shape index (κ2) is 9.38. The zero-order valence-electron chi connectivity index (χ0n) is 15.0. The van der Waals surface area contributed by atoms with E-state index in [0.29, 0.717) is 17.1 Å². The zero-order valence-corrected chi connectivity index (χ0v) is 19.0. The third-order valence-electron chi connectivity index (χ3n) is 3.89. The van der Waals surface area contributed by atoms with Gasteiger partial charge in [0.05, 0.1) is 16.3 Å². The molecule has 0 bridgehead atoms. The lowest BCUT2D eigenvalue weighted by Crippen LogP contribution is -2.49. The second-order valence-corrected chi connectivity index (χ2v) is 8.00. The Labute approximate surface area is 188 Å². The Hall–Kier alpha value is -2.43. The summed E-state index contributed by atoms with van der Waals surface area (Å²) >= 11 is 11.9. The quantitative estimate of drug-likeness (QED) is 0.342. The van der Waals surface area contributed by atoms with Crippen molar-refractivity contribution in [1.82, 2.24) is 16.2 Å². The smallest absolute Gasteiger partial charge is 0.273 e. The minimum atomic E-state index is -0.473. The molecular weight excluding hydrogens is 526 g/mol. The highest BCUT2D eigenvalue weighted by Crippen LogP contribution is 2.34. The first-order chi connectivity index (χ1) is 13.8. The zero-order chi connectivity index (χ0) is 21.0. The van der Waals surface area contributed by atoms with Crippen LogP contribution < -0.4 is 20.9 Å². The molecule has 0 aliphatic heterocycles. The first-order valence-electron chi connectivity index (χ1n) is 8.30. The monoisotopic (exact) mass is 539 g/mol. The van der Waals surface area contributed by atoms with E-state index in [2.05, 4.69) is 48.0 Å². The summed E-state index contributed by atoms with van der Waals surface area (Å²) in [4.78, 5) is 24.0. The average molecular weight is 541 g/mol. The number of carbonyl (C=O) groups is 2. The molecular formula is C19H15Br2N3O4S. The molecule has 3 rings (SSSR count). The van der Waals surface area contributed by atoms with Crippen LogP contribution in [-0.4, -0.2) is 23.5 Å². The van der Waals surface area contributed by atoms with Crippen molar-refractivity contribution in [3.05, 3.63) is 62.9 Å². The number of furan rings is 1. The van der Waals surface area contributed by atoms with E-state index in [1.54, 1.807) is 13.0 Å². The molecule has 3 aromatic rings. The largest absolute Gasteiger partial charge is 0.483 e. The number of hydrogen-bond acceptors (Lipinski definition) is 5. The fraction of sp³-hybridized carbons (Fsp3) is 0.105. The van der Waals surface area contributed by atoms with Crippen LogP contribution in [0.15, 0.2) is 56.0 Å². The van der Waals surface area contributed by atoms with Gasteiger partial charge in [-0.3, -0.25) is 25.8 Å². The number of aryl methyl sites for hydroxylation is 1. The van der Waals surface area contributed by atoms with Crippen LogP contribution in [0, 0.1) is 6.92 Å². The maximum absolute atomic E-state index is 12.1. The maximum Gasteiger partial charge on any atom is 0.273 e. The predicted molar refractivity (Wildman–Crippen MR) is 120 cm³/mol. The number of carbonyl (C=O) groups excluding carboxylic acids is 2. The molecule has 29 heavy (non-hydrogen) atoms. The molecule has 0 spiro atoms. The average Bonchev–Trinajstić information content (AvgIpc) is 3.11. The number of ether oxygens (including phenoxy) is 1. The molecule has 0 saturated heterocycles. The normalized spacial score (nSPS) is 10.4. The Bertz CT molecular complexity index is 1100. The number of halogens is 2. The minimum Gasteiger partial charge on any atom is -0.483 e. The van der Waals surface area contributed by atoms with Gasteiger partial charge >= 0.3 is 0 Å². The predicted octanol–water partition coefficient (Wildman–Crippen LogP) is 3.98. The van der Waals surface area contributed by atoms with E-state index >= 15 is 0 Å². The summed E-state index contributed by atoms with van der Waals surface area (Å²) in [6, 6.07) is 11.1. The van der Waals surface area contributed by atoms with Crippen molar-refractivity contribution in [3.8, 4) is 5.75 Å². The highest BCUT2D eigenvalue weighted by molar-refractivity contribution is 9.11. The molecule has 2 amide bonds. The van der Waals surface area contributed by atoms with E-state index in [-0.39, 0.29) is 11.7 Å². The van der Waals surface area contributed by atoms with Gasteiger partial charge in [0, 0.05) is 4.47 Å².